The summed E-state index contributed by atoms with van der Waals surface area (Å²) in [6, 6.07) is 11.7. The Morgan fingerprint density at radius 1 is 1.29 bits per heavy atom. The monoisotopic (exact) mass is 349 g/mol. The summed E-state index contributed by atoms with van der Waals surface area (Å²) < 4.78 is 6.25. The van der Waals surface area contributed by atoms with Crippen LogP contribution >= 0.6 is 15.9 Å². The topological polar surface area (TPSA) is 57.5 Å². The first-order valence-corrected chi connectivity index (χ1v) is 7.60. The van der Waals surface area contributed by atoms with Crippen LogP contribution in [0.2, 0.25) is 0 Å². The highest BCUT2D eigenvalue weighted by Gasteiger charge is 2.20. The highest BCUT2D eigenvalue weighted by atomic mass is 79.9. The summed E-state index contributed by atoms with van der Waals surface area (Å²) in [6.45, 7) is 3.44. The maximum Gasteiger partial charge on any atom is 0.321 e. The summed E-state index contributed by atoms with van der Waals surface area (Å²) in [4.78, 5) is 13.3. The number of rotatable bonds is 4. The van der Waals surface area contributed by atoms with Gasteiger partial charge in [-0.2, -0.15) is 0 Å². The number of benzene rings is 1. The number of carbonyl (C=O) groups is 1. The van der Waals surface area contributed by atoms with Crippen LogP contribution in [0.5, 0.6) is 0 Å². The van der Waals surface area contributed by atoms with Gasteiger partial charge in [0.05, 0.1) is 6.04 Å². The molecule has 1 saturated heterocycles. The van der Waals surface area contributed by atoms with Crippen molar-refractivity contribution in [1.82, 2.24) is 5.32 Å². The molecule has 0 spiro atoms. The minimum absolute atomic E-state index is 0.0375. The van der Waals surface area contributed by atoms with Crippen LogP contribution in [0, 0.1) is 0 Å². The van der Waals surface area contributed by atoms with E-state index >= 15 is 0 Å². The molecule has 1 aromatic heterocycles. The van der Waals surface area contributed by atoms with Crippen molar-refractivity contribution in [3.63, 3.8) is 0 Å². The van der Waals surface area contributed by atoms with Crippen molar-refractivity contribution in [3.05, 3.63) is 46.8 Å². The molecule has 2 aromatic rings. The maximum absolute atomic E-state index is 11.6. The number of furan rings is 1. The van der Waals surface area contributed by atoms with Crippen molar-refractivity contribution in [1.29, 1.82) is 0 Å². The average Bonchev–Trinajstić information content (AvgIpc) is 3.08. The van der Waals surface area contributed by atoms with Crippen LogP contribution < -0.4 is 15.5 Å². The molecule has 5 nitrogen and oxygen atoms in total. The van der Waals surface area contributed by atoms with Crippen LogP contribution in [0.3, 0.4) is 0 Å². The minimum atomic E-state index is -0.0375. The number of carbonyl (C=O) groups excluding carboxylic acids is 1. The molecule has 2 amide bonds. The van der Waals surface area contributed by atoms with Gasteiger partial charge in [-0.3, -0.25) is 4.90 Å². The maximum atomic E-state index is 11.6. The Morgan fingerprint density at radius 2 is 2.05 bits per heavy atom. The van der Waals surface area contributed by atoms with Crippen LogP contribution in [-0.4, -0.2) is 19.1 Å². The second-order valence-corrected chi connectivity index (χ2v) is 5.72. The van der Waals surface area contributed by atoms with Gasteiger partial charge in [0.15, 0.2) is 4.67 Å². The predicted octanol–water partition coefficient (Wildman–Crippen LogP) is 3.74. The third kappa shape index (κ3) is 3.05. The van der Waals surface area contributed by atoms with E-state index in [1.165, 1.54) is 0 Å². The summed E-state index contributed by atoms with van der Waals surface area (Å²) in [5.74, 6) is 0.866. The molecule has 2 N–H and O–H groups in total. The Balaban J connectivity index is 1.68. The van der Waals surface area contributed by atoms with E-state index in [0.717, 1.165) is 21.8 Å². The molecule has 1 aliphatic rings. The lowest BCUT2D eigenvalue weighted by Crippen LogP contribution is -2.27. The highest BCUT2D eigenvalue weighted by molar-refractivity contribution is 9.10. The van der Waals surface area contributed by atoms with Crippen molar-refractivity contribution in [3.8, 4) is 0 Å². The molecule has 0 bridgehead atoms. The fourth-order valence-electron chi connectivity index (χ4n) is 2.34. The number of hydrogen-bond donors (Lipinski definition) is 2. The molecule has 110 valence electrons. The van der Waals surface area contributed by atoms with Gasteiger partial charge < -0.3 is 15.1 Å². The predicted molar refractivity (Wildman–Crippen MR) is 85.6 cm³/mol. The van der Waals surface area contributed by atoms with Gasteiger partial charge in [-0.1, -0.05) is 0 Å². The van der Waals surface area contributed by atoms with Crippen LogP contribution in [0.1, 0.15) is 18.7 Å². The van der Waals surface area contributed by atoms with Crippen LogP contribution in [0.4, 0.5) is 16.2 Å². The zero-order valence-electron chi connectivity index (χ0n) is 11.6. The van der Waals surface area contributed by atoms with Crippen LogP contribution in [0.15, 0.2) is 45.5 Å². The second kappa shape index (κ2) is 5.81. The number of amides is 2. The summed E-state index contributed by atoms with van der Waals surface area (Å²) in [6.07, 6.45) is 0. The fraction of sp³-hybridized carbons (Fsp3) is 0.267. The molecule has 0 aliphatic carbocycles. The van der Waals surface area contributed by atoms with Crippen LogP contribution in [-0.2, 0) is 0 Å². The molecular weight excluding hydrogens is 334 g/mol. The molecular formula is C15H16BrN3O2. The standard InChI is InChI=1S/C15H16BrN3O2/c1-10(13-6-7-14(16)21-13)18-11-2-4-12(5-3-11)19-9-8-17-15(19)20/h2-7,10,18H,8-9H2,1H3,(H,17,20). The van der Waals surface area contributed by atoms with E-state index in [-0.39, 0.29) is 12.1 Å². The van der Waals surface area contributed by atoms with Crippen molar-refractivity contribution in [2.75, 3.05) is 23.3 Å². The molecule has 1 fully saturated rings. The summed E-state index contributed by atoms with van der Waals surface area (Å²) in [5.41, 5.74) is 1.89. The van der Waals surface area contributed by atoms with Gasteiger partial charge in [0.2, 0.25) is 0 Å². The molecule has 3 rings (SSSR count). The smallest absolute Gasteiger partial charge is 0.321 e. The van der Waals surface area contributed by atoms with Gasteiger partial charge in [0.1, 0.15) is 5.76 Å². The lowest BCUT2D eigenvalue weighted by atomic mass is 10.2. The average molecular weight is 350 g/mol. The Bertz CT molecular complexity index is 639. The Morgan fingerprint density at radius 3 is 2.62 bits per heavy atom. The summed E-state index contributed by atoms with van der Waals surface area (Å²) in [7, 11) is 0. The van der Waals surface area contributed by atoms with Gasteiger partial charge in [0.25, 0.3) is 0 Å². The van der Waals surface area contributed by atoms with E-state index in [2.05, 4.69) is 26.6 Å². The SMILES string of the molecule is CC(Nc1ccc(N2CCNC2=O)cc1)c1ccc(Br)o1. The lowest BCUT2D eigenvalue weighted by molar-refractivity contribution is 0.252. The first kappa shape index (κ1) is 14.0. The molecule has 1 unspecified atom stereocenters. The van der Waals surface area contributed by atoms with Crippen molar-refractivity contribution in [2.45, 2.75) is 13.0 Å². The Labute approximate surface area is 131 Å². The second-order valence-electron chi connectivity index (χ2n) is 4.94. The van der Waals surface area contributed by atoms with Gasteiger partial charge in [-0.15, -0.1) is 0 Å². The number of halogens is 1. The molecule has 1 aliphatic heterocycles. The highest BCUT2D eigenvalue weighted by Crippen LogP contribution is 2.25. The van der Waals surface area contributed by atoms with Gasteiger partial charge in [-0.25, -0.2) is 4.79 Å². The molecule has 21 heavy (non-hydrogen) atoms. The number of urea groups is 1. The normalized spacial score (nSPS) is 15.9. The third-order valence-electron chi connectivity index (χ3n) is 3.44. The quantitative estimate of drug-likeness (QED) is 0.883. The van der Waals surface area contributed by atoms with Gasteiger partial charge in [0, 0.05) is 24.5 Å². The van der Waals surface area contributed by atoms with E-state index in [0.29, 0.717) is 13.1 Å². The van der Waals surface area contributed by atoms with E-state index in [4.69, 9.17) is 4.42 Å². The van der Waals surface area contributed by atoms with Crippen LogP contribution in [0.25, 0.3) is 0 Å². The number of anilines is 2. The third-order valence-corrected chi connectivity index (χ3v) is 3.87. The molecule has 0 saturated carbocycles. The number of nitrogens with zero attached hydrogens (tertiary/aromatic N) is 1. The van der Waals surface area contributed by atoms with Crippen molar-refractivity contribution >= 4 is 33.3 Å². The molecule has 0 radical (unpaired) electrons. The van der Waals surface area contributed by atoms with E-state index < -0.39 is 0 Å². The first-order chi connectivity index (χ1) is 10.1. The zero-order valence-corrected chi connectivity index (χ0v) is 13.2. The van der Waals surface area contributed by atoms with Gasteiger partial charge >= 0.3 is 6.03 Å². The molecule has 2 heterocycles. The first-order valence-electron chi connectivity index (χ1n) is 6.81. The summed E-state index contributed by atoms with van der Waals surface area (Å²) in [5, 5.41) is 6.16. The Kier molecular flexibility index (Phi) is 3.88. The largest absolute Gasteiger partial charge is 0.452 e. The van der Waals surface area contributed by atoms with Crippen molar-refractivity contribution in [2.24, 2.45) is 0 Å². The van der Waals surface area contributed by atoms with E-state index in [9.17, 15) is 4.79 Å². The van der Waals surface area contributed by atoms with E-state index in [1.54, 1.807) is 4.90 Å². The van der Waals surface area contributed by atoms with E-state index in [1.807, 2.05) is 43.3 Å². The summed E-state index contributed by atoms with van der Waals surface area (Å²) >= 11 is 3.30. The zero-order chi connectivity index (χ0) is 14.8. The lowest BCUT2D eigenvalue weighted by Gasteiger charge is -2.16. The number of nitrogens with one attached hydrogen (secondary N) is 2. The Hall–Kier alpha value is -1.95. The molecule has 1 aromatic carbocycles. The number of hydrogen-bond acceptors (Lipinski definition) is 3. The minimum Gasteiger partial charge on any atom is -0.452 e. The van der Waals surface area contributed by atoms with Gasteiger partial charge in [-0.05, 0) is 59.3 Å². The molecule has 6 heteroatoms. The molecule has 1 atom stereocenters. The fourth-order valence-corrected chi connectivity index (χ4v) is 2.66. The van der Waals surface area contributed by atoms with Crippen molar-refractivity contribution < 1.29 is 9.21 Å².